The highest BCUT2D eigenvalue weighted by Crippen LogP contribution is 2.21. The number of amides is 1. The number of nitro benzene ring substituents is 1. The van der Waals surface area contributed by atoms with Crippen LogP contribution in [0.15, 0.2) is 24.3 Å². The van der Waals surface area contributed by atoms with Crippen LogP contribution in [0.5, 0.6) is 0 Å². The molecule has 5 nitrogen and oxygen atoms in total. The Bertz CT molecular complexity index is 473. The SMILES string of the molecule is C[C@@H]1CCCCN1C(=O)c1cccc([N+](=O)[O-])c1. The van der Waals surface area contributed by atoms with E-state index in [0.29, 0.717) is 5.56 Å². The molecule has 96 valence electrons. The van der Waals surface area contributed by atoms with E-state index < -0.39 is 4.92 Å². The quantitative estimate of drug-likeness (QED) is 0.597. The monoisotopic (exact) mass is 248 g/mol. The Morgan fingerprint density at radius 3 is 2.89 bits per heavy atom. The van der Waals surface area contributed by atoms with Gasteiger partial charge in [0.1, 0.15) is 0 Å². The summed E-state index contributed by atoms with van der Waals surface area (Å²) >= 11 is 0. The standard InChI is InChI=1S/C13H16N2O3/c1-10-5-2-3-8-14(10)13(16)11-6-4-7-12(9-11)15(17)18/h4,6-7,9-10H,2-3,5,8H2,1H3/t10-/m1/s1. The van der Waals surface area contributed by atoms with Crippen LogP contribution in [0.1, 0.15) is 36.5 Å². The average Bonchev–Trinajstić information content (AvgIpc) is 2.38. The molecule has 0 spiro atoms. The number of hydrogen-bond donors (Lipinski definition) is 0. The number of benzene rings is 1. The van der Waals surface area contributed by atoms with Gasteiger partial charge in [-0.25, -0.2) is 0 Å². The number of nitrogens with zero attached hydrogens (tertiary/aromatic N) is 2. The molecule has 18 heavy (non-hydrogen) atoms. The van der Waals surface area contributed by atoms with Crippen molar-refractivity contribution in [3.05, 3.63) is 39.9 Å². The van der Waals surface area contributed by atoms with E-state index in [2.05, 4.69) is 0 Å². The lowest BCUT2D eigenvalue weighted by Crippen LogP contribution is -2.42. The van der Waals surface area contributed by atoms with Crippen LogP contribution in [-0.2, 0) is 0 Å². The lowest BCUT2D eigenvalue weighted by Gasteiger charge is -2.33. The molecule has 1 atom stereocenters. The summed E-state index contributed by atoms with van der Waals surface area (Å²) in [4.78, 5) is 24.3. The van der Waals surface area contributed by atoms with Crippen molar-refractivity contribution in [2.24, 2.45) is 0 Å². The lowest BCUT2D eigenvalue weighted by molar-refractivity contribution is -0.384. The van der Waals surface area contributed by atoms with E-state index in [4.69, 9.17) is 0 Å². The first-order chi connectivity index (χ1) is 8.59. The van der Waals surface area contributed by atoms with Gasteiger partial charge in [-0.15, -0.1) is 0 Å². The van der Waals surface area contributed by atoms with Crippen molar-refractivity contribution in [3.63, 3.8) is 0 Å². The van der Waals surface area contributed by atoms with Crippen LogP contribution in [0, 0.1) is 10.1 Å². The number of carbonyl (C=O) groups is 1. The van der Waals surface area contributed by atoms with E-state index in [0.717, 1.165) is 25.8 Å². The Hall–Kier alpha value is -1.91. The Morgan fingerprint density at radius 1 is 1.44 bits per heavy atom. The molecule has 1 aromatic rings. The molecule has 1 aromatic carbocycles. The number of non-ortho nitro benzene ring substituents is 1. The van der Waals surface area contributed by atoms with Gasteiger partial charge in [0.05, 0.1) is 4.92 Å². The molecule has 5 heteroatoms. The molecule has 1 saturated heterocycles. The van der Waals surface area contributed by atoms with Gasteiger partial charge in [-0.05, 0) is 32.3 Å². The summed E-state index contributed by atoms with van der Waals surface area (Å²) in [6.07, 6.45) is 3.14. The molecule has 0 bridgehead atoms. The second kappa shape index (κ2) is 5.16. The number of carbonyl (C=O) groups excluding carboxylic acids is 1. The molecule has 1 amide bonds. The lowest BCUT2D eigenvalue weighted by atomic mass is 10.0. The maximum Gasteiger partial charge on any atom is 0.270 e. The number of piperidine rings is 1. The van der Waals surface area contributed by atoms with E-state index in [-0.39, 0.29) is 17.6 Å². The van der Waals surface area contributed by atoms with Crippen LogP contribution in [0.4, 0.5) is 5.69 Å². The molecule has 0 saturated carbocycles. The molecule has 0 unspecified atom stereocenters. The average molecular weight is 248 g/mol. The van der Waals surface area contributed by atoms with E-state index >= 15 is 0 Å². The third kappa shape index (κ3) is 2.50. The first-order valence-electron chi connectivity index (χ1n) is 6.15. The van der Waals surface area contributed by atoms with Crippen LogP contribution in [0.3, 0.4) is 0 Å². The van der Waals surface area contributed by atoms with Gasteiger partial charge < -0.3 is 4.90 Å². The maximum absolute atomic E-state index is 12.3. The summed E-state index contributed by atoms with van der Waals surface area (Å²) in [5.41, 5.74) is 0.364. The van der Waals surface area contributed by atoms with Crippen molar-refractivity contribution < 1.29 is 9.72 Å². The summed E-state index contributed by atoms with van der Waals surface area (Å²) in [6, 6.07) is 6.15. The zero-order chi connectivity index (χ0) is 13.1. The second-order valence-corrected chi connectivity index (χ2v) is 4.65. The van der Waals surface area contributed by atoms with E-state index in [1.54, 1.807) is 12.1 Å². The Balaban J connectivity index is 2.22. The first-order valence-corrected chi connectivity index (χ1v) is 6.15. The number of nitro groups is 1. The highest BCUT2D eigenvalue weighted by atomic mass is 16.6. The summed E-state index contributed by atoms with van der Waals surface area (Å²) in [6.45, 7) is 2.76. The van der Waals surface area contributed by atoms with Crippen molar-refractivity contribution in [3.8, 4) is 0 Å². The van der Waals surface area contributed by atoms with Gasteiger partial charge in [-0.1, -0.05) is 6.07 Å². The summed E-state index contributed by atoms with van der Waals surface area (Å²) in [5.74, 6) is -0.106. The van der Waals surface area contributed by atoms with E-state index in [9.17, 15) is 14.9 Å². The van der Waals surface area contributed by atoms with Crippen molar-refractivity contribution in [1.82, 2.24) is 4.90 Å². The predicted molar refractivity (Wildman–Crippen MR) is 67.4 cm³/mol. The molecule has 0 aromatic heterocycles. The van der Waals surface area contributed by atoms with Crippen LogP contribution in [0.25, 0.3) is 0 Å². The van der Waals surface area contributed by atoms with Crippen LogP contribution >= 0.6 is 0 Å². The van der Waals surface area contributed by atoms with Crippen molar-refractivity contribution in [2.75, 3.05) is 6.54 Å². The van der Waals surface area contributed by atoms with Gasteiger partial charge in [0.2, 0.25) is 0 Å². The molecule has 0 radical (unpaired) electrons. The number of rotatable bonds is 2. The minimum absolute atomic E-state index is 0.0366. The second-order valence-electron chi connectivity index (χ2n) is 4.65. The van der Waals surface area contributed by atoms with Crippen LogP contribution < -0.4 is 0 Å². The maximum atomic E-state index is 12.3. The highest BCUT2D eigenvalue weighted by Gasteiger charge is 2.24. The van der Waals surface area contributed by atoms with Gasteiger partial charge in [-0.3, -0.25) is 14.9 Å². The van der Waals surface area contributed by atoms with Crippen molar-refractivity contribution in [1.29, 1.82) is 0 Å². The molecule has 0 aliphatic carbocycles. The zero-order valence-electron chi connectivity index (χ0n) is 10.3. The third-order valence-electron chi connectivity index (χ3n) is 3.37. The topological polar surface area (TPSA) is 63.5 Å². The first kappa shape index (κ1) is 12.5. The summed E-state index contributed by atoms with van der Waals surface area (Å²) in [5, 5.41) is 10.7. The minimum atomic E-state index is -0.476. The number of likely N-dealkylation sites (tertiary alicyclic amines) is 1. The van der Waals surface area contributed by atoms with Gasteiger partial charge >= 0.3 is 0 Å². The fourth-order valence-electron chi connectivity index (χ4n) is 2.32. The molecular formula is C13H16N2O3. The molecule has 1 aliphatic heterocycles. The largest absolute Gasteiger partial charge is 0.336 e. The van der Waals surface area contributed by atoms with Gasteiger partial charge in [0.25, 0.3) is 11.6 Å². The van der Waals surface area contributed by atoms with Gasteiger partial charge in [0.15, 0.2) is 0 Å². The molecule has 0 N–H and O–H groups in total. The zero-order valence-corrected chi connectivity index (χ0v) is 10.3. The molecule has 1 heterocycles. The van der Waals surface area contributed by atoms with Crippen LogP contribution in [0.2, 0.25) is 0 Å². The molecule has 1 aliphatic rings. The van der Waals surface area contributed by atoms with Gasteiger partial charge in [0, 0.05) is 30.3 Å². The summed E-state index contributed by atoms with van der Waals surface area (Å²) in [7, 11) is 0. The number of hydrogen-bond acceptors (Lipinski definition) is 3. The van der Waals surface area contributed by atoms with Crippen LogP contribution in [-0.4, -0.2) is 28.3 Å². The highest BCUT2D eigenvalue weighted by molar-refractivity contribution is 5.95. The fourth-order valence-corrected chi connectivity index (χ4v) is 2.32. The smallest absolute Gasteiger partial charge is 0.270 e. The molecular weight excluding hydrogens is 232 g/mol. The van der Waals surface area contributed by atoms with Crippen molar-refractivity contribution in [2.45, 2.75) is 32.2 Å². The molecule has 1 fully saturated rings. The fraction of sp³-hybridized carbons (Fsp3) is 0.462. The normalized spacial score (nSPS) is 19.6. The Morgan fingerprint density at radius 2 is 2.22 bits per heavy atom. The van der Waals surface area contributed by atoms with E-state index in [1.807, 2.05) is 11.8 Å². The summed E-state index contributed by atoms with van der Waals surface area (Å²) < 4.78 is 0. The van der Waals surface area contributed by atoms with E-state index in [1.165, 1.54) is 12.1 Å². The van der Waals surface area contributed by atoms with Crippen molar-refractivity contribution >= 4 is 11.6 Å². The van der Waals surface area contributed by atoms with Gasteiger partial charge in [-0.2, -0.15) is 0 Å². The third-order valence-corrected chi connectivity index (χ3v) is 3.37. The Labute approximate surface area is 106 Å². The minimum Gasteiger partial charge on any atom is -0.336 e. The Kier molecular flexibility index (Phi) is 3.60. The molecule has 2 rings (SSSR count). The predicted octanol–water partition coefficient (Wildman–Crippen LogP) is 2.61.